The summed E-state index contributed by atoms with van der Waals surface area (Å²) in [4.78, 5) is 19.3. The smallest absolute Gasteiger partial charge is 0.337 e. The van der Waals surface area contributed by atoms with Crippen molar-refractivity contribution in [2.24, 2.45) is 0 Å². The van der Waals surface area contributed by atoms with Crippen LogP contribution in [-0.2, 0) is 9.53 Å². The van der Waals surface area contributed by atoms with Crippen molar-refractivity contribution in [1.82, 2.24) is 0 Å². The van der Waals surface area contributed by atoms with E-state index in [0.717, 1.165) is 5.75 Å². The molecule has 0 aromatic heterocycles. The number of methoxy groups -OCH3 is 2. The van der Waals surface area contributed by atoms with Crippen LogP contribution in [0.4, 0.5) is 0 Å². The lowest BCUT2D eigenvalue weighted by molar-refractivity contribution is -0.122. The highest BCUT2D eigenvalue weighted by molar-refractivity contribution is 5.89. The van der Waals surface area contributed by atoms with Gasteiger partial charge in [0.05, 0.1) is 19.8 Å². The first-order valence-corrected chi connectivity index (χ1v) is 3.99. The molecule has 0 aliphatic heterocycles. The summed E-state index contributed by atoms with van der Waals surface area (Å²) in [5, 5.41) is 6.89. The Bertz CT molecular complexity index is 304. The molecule has 0 amide bonds. The second kappa shape index (κ2) is 7.37. The minimum Gasteiger partial charge on any atom is -0.497 e. The molecule has 1 aromatic rings. The summed E-state index contributed by atoms with van der Waals surface area (Å²) >= 11 is 0. The Balaban J connectivity index is 0.000000583. The zero-order valence-electron chi connectivity index (χ0n) is 8.47. The van der Waals surface area contributed by atoms with Gasteiger partial charge in [0.15, 0.2) is 0 Å². The first kappa shape index (κ1) is 13.0. The lowest BCUT2D eigenvalue weighted by Crippen LogP contribution is -2.00. The van der Waals surface area contributed by atoms with Crippen molar-refractivity contribution in [3.05, 3.63) is 29.8 Å². The maximum atomic E-state index is 11.0. The van der Waals surface area contributed by atoms with Crippen molar-refractivity contribution in [1.29, 1.82) is 0 Å². The van der Waals surface area contributed by atoms with Crippen molar-refractivity contribution in [2.45, 2.75) is 0 Å². The topological polar surface area (TPSA) is 72.8 Å². The normalized spacial score (nSPS) is 8.13. The maximum absolute atomic E-state index is 11.0. The summed E-state index contributed by atoms with van der Waals surface area (Å²) in [5.41, 5.74) is 0.526. The molecule has 0 heterocycles. The van der Waals surface area contributed by atoms with Gasteiger partial charge in [-0.2, -0.15) is 0 Å². The van der Waals surface area contributed by atoms with Gasteiger partial charge in [-0.1, -0.05) is 0 Å². The number of carboxylic acid groups (broad SMARTS) is 1. The highest BCUT2D eigenvalue weighted by Crippen LogP contribution is 2.11. The number of esters is 1. The monoisotopic (exact) mass is 212 g/mol. The molecule has 15 heavy (non-hydrogen) atoms. The van der Waals surface area contributed by atoms with Crippen molar-refractivity contribution in [3.63, 3.8) is 0 Å². The molecule has 0 atom stereocenters. The van der Waals surface area contributed by atoms with Crippen LogP contribution in [0.2, 0.25) is 0 Å². The molecule has 0 fully saturated rings. The number of ether oxygens (including phenoxy) is 2. The number of carbonyl (C=O) groups excluding carboxylic acids is 1. The van der Waals surface area contributed by atoms with Gasteiger partial charge in [-0.15, -0.1) is 0 Å². The van der Waals surface area contributed by atoms with Crippen molar-refractivity contribution < 1.29 is 24.2 Å². The lowest BCUT2D eigenvalue weighted by atomic mass is 10.2. The van der Waals surface area contributed by atoms with Crippen molar-refractivity contribution in [2.75, 3.05) is 14.2 Å². The van der Waals surface area contributed by atoms with Gasteiger partial charge in [-0.25, -0.2) is 4.79 Å². The average molecular weight is 212 g/mol. The van der Waals surface area contributed by atoms with Crippen LogP contribution in [0.1, 0.15) is 10.4 Å². The van der Waals surface area contributed by atoms with Crippen molar-refractivity contribution in [3.8, 4) is 5.75 Å². The van der Waals surface area contributed by atoms with Crippen LogP contribution in [0.25, 0.3) is 0 Å². The zero-order chi connectivity index (χ0) is 11.7. The molecule has 5 heteroatoms. The van der Waals surface area contributed by atoms with Crippen LogP contribution < -0.4 is 4.74 Å². The summed E-state index contributed by atoms with van der Waals surface area (Å²) in [6.45, 7) is -0.250. The third-order valence-corrected chi connectivity index (χ3v) is 1.51. The van der Waals surface area contributed by atoms with Crippen LogP contribution in [-0.4, -0.2) is 31.8 Å². The predicted octanol–water partition coefficient (Wildman–Crippen LogP) is 1.18. The van der Waals surface area contributed by atoms with Crippen LogP contribution in [0.3, 0.4) is 0 Å². The van der Waals surface area contributed by atoms with Gasteiger partial charge in [0.1, 0.15) is 5.75 Å². The standard InChI is InChI=1S/C9H10O3.CH2O2/c1-11-8-5-3-7(4-6-8)9(10)12-2;2-1-3/h3-6H,1-2H3;1H,(H,2,3). The Morgan fingerprint density at radius 3 is 2.07 bits per heavy atom. The van der Waals surface area contributed by atoms with Crippen LogP contribution in [0.5, 0.6) is 5.75 Å². The van der Waals surface area contributed by atoms with Gasteiger partial charge in [-0.3, -0.25) is 4.79 Å². The lowest BCUT2D eigenvalue weighted by Gasteiger charge is -2.00. The van der Waals surface area contributed by atoms with E-state index in [-0.39, 0.29) is 12.4 Å². The fourth-order valence-electron chi connectivity index (χ4n) is 0.845. The minimum absolute atomic E-state index is 0.250. The van der Waals surface area contributed by atoms with Gasteiger partial charge in [-0.05, 0) is 24.3 Å². The summed E-state index contributed by atoms with van der Waals surface area (Å²) < 4.78 is 9.46. The molecule has 82 valence electrons. The van der Waals surface area contributed by atoms with E-state index in [1.165, 1.54) is 7.11 Å². The van der Waals surface area contributed by atoms with Crippen LogP contribution in [0, 0.1) is 0 Å². The molecule has 0 bridgehead atoms. The quantitative estimate of drug-likeness (QED) is 0.588. The molecular weight excluding hydrogens is 200 g/mol. The molecule has 0 saturated heterocycles. The Labute approximate surface area is 87.2 Å². The number of carbonyl (C=O) groups is 2. The molecule has 0 aliphatic rings. The van der Waals surface area contributed by atoms with E-state index in [4.69, 9.17) is 14.6 Å². The molecule has 0 unspecified atom stereocenters. The number of rotatable bonds is 2. The fraction of sp³-hybridized carbons (Fsp3) is 0.200. The van der Waals surface area contributed by atoms with Gasteiger partial charge < -0.3 is 14.6 Å². The Hall–Kier alpha value is -2.04. The van der Waals surface area contributed by atoms with E-state index in [1.807, 2.05) is 0 Å². The fourth-order valence-corrected chi connectivity index (χ4v) is 0.845. The molecule has 1 rings (SSSR count). The average Bonchev–Trinajstić information content (AvgIpc) is 2.29. The van der Waals surface area contributed by atoms with Gasteiger partial charge in [0, 0.05) is 0 Å². The molecule has 0 spiro atoms. The van der Waals surface area contributed by atoms with Crippen LogP contribution >= 0.6 is 0 Å². The van der Waals surface area contributed by atoms with Crippen molar-refractivity contribution >= 4 is 12.4 Å². The maximum Gasteiger partial charge on any atom is 0.337 e. The Kier molecular flexibility index (Phi) is 6.37. The number of hydrogen-bond acceptors (Lipinski definition) is 4. The van der Waals surface area contributed by atoms with E-state index >= 15 is 0 Å². The van der Waals surface area contributed by atoms with Gasteiger partial charge in [0.25, 0.3) is 6.47 Å². The molecule has 1 aromatic carbocycles. The summed E-state index contributed by atoms with van der Waals surface area (Å²) in [6, 6.07) is 6.74. The molecule has 0 radical (unpaired) electrons. The Morgan fingerprint density at radius 1 is 1.27 bits per heavy atom. The highest BCUT2D eigenvalue weighted by atomic mass is 16.5. The Morgan fingerprint density at radius 2 is 1.73 bits per heavy atom. The van der Waals surface area contributed by atoms with E-state index in [1.54, 1.807) is 31.4 Å². The molecular formula is C10H12O5. The molecule has 0 aliphatic carbocycles. The predicted molar refractivity (Wildman–Crippen MR) is 53.0 cm³/mol. The van der Waals surface area contributed by atoms with Gasteiger partial charge in [0.2, 0.25) is 0 Å². The van der Waals surface area contributed by atoms with Gasteiger partial charge >= 0.3 is 5.97 Å². The highest BCUT2D eigenvalue weighted by Gasteiger charge is 2.03. The molecule has 1 N–H and O–H groups in total. The van der Waals surface area contributed by atoms with E-state index < -0.39 is 0 Å². The second-order valence-electron chi connectivity index (χ2n) is 2.33. The number of hydrogen-bond donors (Lipinski definition) is 1. The third kappa shape index (κ3) is 4.66. The second-order valence-corrected chi connectivity index (χ2v) is 2.33. The first-order chi connectivity index (χ1) is 7.19. The summed E-state index contributed by atoms with van der Waals surface area (Å²) in [7, 11) is 2.93. The SMILES string of the molecule is COC(=O)c1ccc(OC)cc1.O=CO. The first-order valence-electron chi connectivity index (χ1n) is 3.99. The van der Waals surface area contributed by atoms with E-state index in [0.29, 0.717) is 5.56 Å². The van der Waals surface area contributed by atoms with Crippen LogP contribution in [0.15, 0.2) is 24.3 Å². The molecule has 5 nitrogen and oxygen atoms in total. The number of benzene rings is 1. The van der Waals surface area contributed by atoms with E-state index in [2.05, 4.69) is 4.74 Å². The van der Waals surface area contributed by atoms with E-state index in [9.17, 15) is 4.79 Å². The summed E-state index contributed by atoms with van der Waals surface area (Å²) in [5.74, 6) is 0.389. The zero-order valence-corrected chi connectivity index (χ0v) is 8.47. The summed E-state index contributed by atoms with van der Waals surface area (Å²) in [6.07, 6.45) is 0. The third-order valence-electron chi connectivity index (χ3n) is 1.51. The minimum atomic E-state index is -0.336. The molecule has 0 saturated carbocycles. The largest absolute Gasteiger partial charge is 0.497 e.